The van der Waals surface area contributed by atoms with Crippen molar-refractivity contribution in [3.63, 3.8) is 0 Å². The smallest absolute Gasteiger partial charge is 0.324 e. The van der Waals surface area contributed by atoms with E-state index in [-0.39, 0.29) is 11.4 Å². The molecule has 0 aliphatic carbocycles. The van der Waals surface area contributed by atoms with Crippen LogP contribution in [-0.2, 0) is 21.0 Å². The summed E-state index contributed by atoms with van der Waals surface area (Å²) in [4.78, 5) is 12.3. The highest BCUT2D eigenvalue weighted by Crippen LogP contribution is 2.36. The maximum atomic E-state index is 12.9. The Morgan fingerprint density at radius 1 is 1.11 bits per heavy atom. The topological polar surface area (TPSA) is 66.5 Å². The van der Waals surface area contributed by atoms with Gasteiger partial charge in [-0.15, -0.1) is 0 Å². The van der Waals surface area contributed by atoms with Crippen molar-refractivity contribution in [2.45, 2.75) is 20.0 Å². The molecule has 28 heavy (non-hydrogen) atoms. The highest BCUT2D eigenvalue weighted by molar-refractivity contribution is 7.92. The van der Waals surface area contributed by atoms with Gasteiger partial charge in [0.2, 0.25) is 15.9 Å². The molecule has 2 rings (SSSR count). The Kier molecular flexibility index (Phi) is 6.30. The van der Waals surface area contributed by atoms with Crippen molar-refractivity contribution in [3.05, 3.63) is 58.1 Å². The van der Waals surface area contributed by atoms with Gasteiger partial charge >= 0.3 is 6.18 Å². The number of nitrogens with one attached hydrogen (secondary N) is 1. The Labute approximate surface area is 166 Å². The molecule has 0 unspecified atom stereocenters. The molecule has 0 atom stereocenters. The van der Waals surface area contributed by atoms with E-state index in [1.54, 1.807) is 25.1 Å². The summed E-state index contributed by atoms with van der Waals surface area (Å²) in [7, 11) is -3.80. The van der Waals surface area contributed by atoms with Crippen molar-refractivity contribution in [3.8, 4) is 0 Å². The molecule has 0 aliphatic rings. The molecule has 1 N–H and O–H groups in total. The highest BCUT2D eigenvalue weighted by atomic mass is 35.5. The summed E-state index contributed by atoms with van der Waals surface area (Å²) in [5, 5.41) is 1.77. The fourth-order valence-corrected chi connectivity index (χ4v) is 3.50. The first-order valence-corrected chi connectivity index (χ1v) is 10.2. The van der Waals surface area contributed by atoms with E-state index in [0.29, 0.717) is 6.07 Å². The van der Waals surface area contributed by atoms with Crippen LogP contribution >= 0.6 is 11.6 Å². The third kappa shape index (κ3) is 5.39. The van der Waals surface area contributed by atoms with Crippen LogP contribution in [0.5, 0.6) is 0 Å². The lowest BCUT2D eigenvalue weighted by Gasteiger charge is -2.23. The number of nitrogens with zero attached hydrogens (tertiary/aromatic N) is 1. The fraction of sp³-hybridized carbons (Fsp3) is 0.278. The van der Waals surface area contributed by atoms with E-state index in [9.17, 15) is 26.4 Å². The first kappa shape index (κ1) is 22.0. The molecule has 0 aromatic heterocycles. The number of rotatable bonds is 5. The molecule has 0 bridgehead atoms. The lowest BCUT2D eigenvalue weighted by molar-refractivity contribution is -0.137. The first-order chi connectivity index (χ1) is 12.8. The second-order valence-corrected chi connectivity index (χ2v) is 8.59. The minimum Gasteiger partial charge on any atom is -0.324 e. The van der Waals surface area contributed by atoms with E-state index in [1.165, 1.54) is 6.07 Å². The van der Waals surface area contributed by atoms with Gasteiger partial charge in [-0.3, -0.25) is 9.10 Å². The monoisotopic (exact) mass is 434 g/mol. The first-order valence-electron chi connectivity index (χ1n) is 8.00. The Hall–Kier alpha value is -2.26. The Bertz CT molecular complexity index is 1010. The number of sulfonamides is 1. The predicted molar refractivity (Wildman–Crippen MR) is 103 cm³/mol. The maximum absolute atomic E-state index is 12.9. The van der Waals surface area contributed by atoms with Gasteiger partial charge in [-0.1, -0.05) is 17.7 Å². The van der Waals surface area contributed by atoms with Gasteiger partial charge in [0.05, 0.1) is 22.5 Å². The van der Waals surface area contributed by atoms with E-state index >= 15 is 0 Å². The average Bonchev–Trinajstić information content (AvgIpc) is 2.55. The van der Waals surface area contributed by atoms with Gasteiger partial charge in [0, 0.05) is 5.69 Å². The number of anilines is 2. The van der Waals surface area contributed by atoms with Crippen LogP contribution in [0.3, 0.4) is 0 Å². The molecule has 2 aromatic carbocycles. The summed E-state index contributed by atoms with van der Waals surface area (Å²) in [6, 6.07) is 7.80. The standard InChI is InChI=1S/C18H18ClF3N2O3S/c1-11-4-6-14(8-12(11)2)24(28(3,26)27)10-17(25)23-13-5-7-16(19)15(9-13)18(20,21)22/h4-9H,10H2,1-3H3,(H,23,25). The Morgan fingerprint density at radius 3 is 2.29 bits per heavy atom. The summed E-state index contributed by atoms with van der Waals surface area (Å²) < 4.78 is 64.0. The molecular weight excluding hydrogens is 417 g/mol. The Balaban J connectivity index is 2.27. The van der Waals surface area contributed by atoms with E-state index in [4.69, 9.17) is 11.6 Å². The van der Waals surface area contributed by atoms with E-state index in [2.05, 4.69) is 5.32 Å². The Morgan fingerprint density at radius 2 is 1.75 bits per heavy atom. The number of carbonyl (C=O) groups is 1. The maximum Gasteiger partial charge on any atom is 0.417 e. The summed E-state index contributed by atoms with van der Waals surface area (Å²) in [5.41, 5.74) is 0.825. The third-order valence-corrected chi connectivity index (χ3v) is 5.49. The summed E-state index contributed by atoms with van der Waals surface area (Å²) in [5.74, 6) is -0.792. The molecular formula is C18H18ClF3N2O3S. The van der Waals surface area contributed by atoms with Gasteiger partial charge in [-0.25, -0.2) is 8.42 Å². The molecule has 0 spiro atoms. The van der Waals surface area contributed by atoms with E-state index in [0.717, 1.165) is 27.8 Å². The minimum absolute atomic E-state index is 0.143. The SMILES string of the molecule is Cc1ccc(N(CC(=O)Nc2ccc(Cl)c(C(F)(F)F)c2)S(C)(=O)=O)cc1C. The van der Waals surface area contributed by atoms with Crippen molar-refractivity contribution in [2.24, 2.45) is 0 Å². The minimum atomic E-state index is -4.68. The van der Waals surface area contributed by atoms with E-state index in [1.807, 2.05) is 6.92 Å². The van der Waals surface area contributed by atoms with Crippen molar-refractivity contribution < 1.29 is 26.4 Å². The molecule has 0 saturated carbocycles. The molecule has 152 valence electrons. The molecule has 5 nitrogen and oxygen atoms in total. The number of benzene rings is 2. The van der Waals surface area contributed by atoms with Gasteiger partial charge in [0.25, 0.3) is 0 Å². The van der Waals surface area contributed by atoms with Crippen LogP contribution < -0.4 is 9.62 Å². The molecule has 1 amide bonds. The second-order valence-electron chi connectivity index (χ2n) is 6.28. The lowest BCUT2D eigenvalue weighted by atomic mass is 10.1. The van der Waals surface area contributed by atoms with Crippen LogP contribution in [0.2, 0.25) is 5.02 Å². The molecule has 0 fully saturated rings. The van der Waals surface area contributed by atoms with Crippen molar-refractivity contribution in [1.82, 2.24) is 0 Å². The third-order valence-electron chi connectivity index (χ3n) is 4.02. The molecule has 0 radical (unpaired) electrons. The average molecular weight is 435 g/mol. The number of carbonyl (C=O) groups excluding carboxylic acids is 1. The van der Waals surface area contributed by atoms with Gasteiger partial charge < -0.3 is 5.32 Å². The van der Waals surface area contributed by atoms with Gasteiger partial charge in [-0.2, -0.15) is 13.2 Å². The summed E-state index contributed by atoms with van der Waals surface area (Å²) >= 11 is 5.55. The largest absolute Gasteiger partial charge is 0.417 e. The van der Waals surface area contributed by atoms with Crippen molar-refractivity contribution in [1.29, 1.82) is 0 Å². The van der Waals surface area contributed by atoms with Crippen LogP contribution in [0.1, 0.15) is 16.7 Å². The second kappa shape index (κ2) is 8.00. The highest BCUT2D eigenvalue weighted by Gasteiger charge is 2.33. The van der Waals surface area contributed by atoms with Crippen LogP contribution in [0, 0.1) is 13.8 Å². The van der Waals surface area contributed by atoms with Crippen LogP contribution in [0.25, 0.3) is 0 Å². The summed E-state index contributed by atoms with van der Waals surface area (Å²) in [6.07, 6.45) is -3.74. The zero-order chi connectivity index (χ0) is 21.3. The number of amides is 1. The van der Waals surface area contributed by atoms with E-state index < -0.39 is 39.2 Å². The summed E-state index contributed by atoms with van der Waals surface area (Å²) in [6.45, 7) is 3.06. The molecule has 0 saturated heterocycles. The fourth-order valence-electron chi connectivity index (χ4n) is 2.43. The van der Waals surface area contributed by atoms with Crippen molar-refractivity contribution >= 4 is 38.9 Å². The van der Waals surface area contributed by atoms with Gasteiger partial charge in [0.15, 0.2) is 0 Å². The number of halogens is 4. The van der Waals surface area contributed by atoms with Gasteiger partial charge in [-0.05, 0) is 55.3 Å². The van der Waals surface area contributed by atoms with Crippen LogP contribution in [0.4, 0.5) is 24.5 Å². The molecule has 0 heterocycles. The molecule has 0 aliphatic heterocycles. The molecule has 10 heteroatoms. The number of hydrogen-bond acceptors (Lipinski definition) is 3. The predicted octanol–water partition coefficient (Wildman–Crippen LogP) is 4.38. The zero-order valence-electron chi connectivity index (χ0n) is 15.3. The number of aryl methyl sites for hydroxylation is 2. The lowest BCUT2D eigenvalue weighted by Crippen LogP contribution is -2.37. The zero-order valence-corrected chi connectivity index (χ0v) is 16.8. The van der Waals surface area contributed by atoms with Crippen LogP contribution in [-0.4, -0.2) is 27.1 Å². The van der Waals surface area contributed by atoms with Crippen LogP contribution in [0.15, 0.2) is 36.4 Å². The van der Waals surface area contributed by atoms with Crippen molar-refractivity contribution in [2.75, 3.05) is 22.4 Å². The number of alkyl halides is 3. The normalized spacial score (nSPS) is 12.0. The number of hydrogen-bond donors (Lipinski definition) is 1. The van der Waals surface area contributed by atoms with Gasteiger partial charge in [0.1, 0.15) is 6.54 Å². The molecule has 2 aromatic rings. The quantitative estimate of drug-likeness (QED) is 0.759.